The molecule has 9 heteroatoms. The highest BCUT2D eigenvalue weighted by atomic mass is 31.2. The summed E-state index contributed by atoms with van der Waals surface area (Å²) in [6.45, 7) is 4.86. The largest absolute Gasteiger partial charge is 0.472 e. The molecule has 3 N–H and O–H groups in total. The van der Waals surface area contributed by atoms with Crippen LogP contribution >= 0.6 is 7.82 Å². The third-order valence-electron chi connectivity index (χ3n) is 9.18. The molecule has 0 aromatic carbocycles. The number of allylic oxidation sites excluding steroid dienone is 2. The summed E-state index contributed by atoms with van der Waals surface area (Å²) in [5, 5.41) is 0. The maximum Gasteiger partial charge on any atom is 0.472 e. The van der Waals surface area contributed by atoms with Crippen LogP contribution in [-0.2, 0) is 27.9 Å². The summed E-state index contributed by atoms with van der Waals surface area (Å²) in [5.41, 5.74) is 5.33. The number of rotatable bonds is 41. The van der Waals surface area contributed by atoms with E-state index >= 15 is 0 Å². The van der Waals surface area contributed by atoms with E-state index in [1.54, 1.807) is 0 Å². The first kappa shape index (κ1) is 49.2. The van der Waals surface area contributed by atoms with Crippen molar-refractivity contribution in [3.05, 3.63) is 12.2 Å². The van der Waals surface area contributed by atoms with Gasteiger partial charge in [0.25, 0.3) is 0 Å². The van der Waals surface area contributed by atoms with E-state index in [1.807, 2.05) is 0 Å². The van der Waals surface area contributed by atoms with Crippen LogP contribution in [0.15, 0.2) is 12.2 Å². The molecule has 2 atom stereocenters. The van der Waals surface area contributed by atoms with E-state index in [4.69, 9.17) is 24.3 Å². The predicted molar refractivity (Wildman–Crippen MR) is 210 cm³/mol. The van der Waals surface area contributed by atoms with E-state index in [2.05, 4.69) is 26.0 Å². The highest BCUT2D eigenvalue weighted by molar-refractivity contribution is 7.47. The second-order valence-corrected chi connectivity index (χ2v) is 15.7. The number of nitrogens with two attached hydrogens (primary N) is 1. The number of phosphoric acid groups is 1. The molecule has 0 aliphatic carbocycles. The second kappa shape index (κ2) is 39.4. The maximum absolute atomic E-state index is 12.3. The first-order valence-electron chi connectivity index (χ1n) is 21.2. The monoisotopic (exact) mass is 732 g/mol. The number of unbranched alkanes of at least 4 members (excludes halogenated alkanes) is 26. The number of carbonyl (C=O) groups excluding carboxylic acids is 1. The lowest BCUT2D eigenvalue weighted by atomic mass is 10.0. The molecule has 0 aromatic rings. The Balaban J connectivity index is 3.70. The molecule has 0 saturated heterocycles. The van der Waals surface area contributed by atoms with Gasteiger partial charge in [0.15, 0.2) is 0 Å². The van der Waals surface area contributed by atoms with Gasteiger partial charge in [0.2, 0.25) is 0 Å². The van der Waals surface area contributed by atoms with Gasteiger partial charge in [0.05, 0.1) is 19.8 Å². The normalized spacial score (nSPS) is 13.6. The fraction of sp³-hybridized carbons (Fsp3) is 0.927. The van der Waals surface area contributed by atoms with Gasteiger partial charge >= 0.3 is 13.8 Å². The van der Waals surface area contributed by atoms with Crippen LogP contribution in [0.5, 0.6) is 0 Å². The first-order chi connectivity index (χ1) is 24.4. The standard InChI is InChI=1S/C41H82NO7P/c1-3-5-7-9-10-11-12-13-14-15-16-17-18-19-20-21-22-23-24-25-26-27-28-29-31-33-36-46-38-40(39-48-50(44,45)47-37-35-42)49-41(43)34-32-30-8-6-4-2/h15-16,40H,3-14,17-39,42H2,1-2H3,(H,44,45)/b16-15-. The number of phosphoric ester groups is 1. The zero-order valence-corrected chi connectivity index (χ0v) is 33.8. The Morgan fingerprint density at radius 2 is 1.00 bits per heavy atom. The van der Waals surface area contributed by atoms with Gasteiger partial charge < -0.3 is 20.1 Å². The van der Waals surface area contributed by atoms with Crippen LogP contribution in [0.2, 0.25) is 0 Å². The summed E-state index contributed by atoms with van der Waals surface area (Å²) in [5.74, 6) is -0.340. The molecule has 0 aliphatic rings. The Hall–Kier alpha value is -0.760. The molecule has 0 rings (SSSR count). The Kier molecular flexibility index (Phi) is 38.8. The maximum atomic E-state index is 12.3. The molecule has 298 valence electrons. The van der Waals surface area contributed by atoms with Crippen molar-refractivity contribution in [1.82, 2.24) is 0 Å². The average molecular weight is 732 g/mol. The minimum absolute atomic E-state index is 0.0927. The minimum Gasteiger partial charge on any atom is -0.457 e. The van der Waals surface area contributed by atoms with E-state index in [-0.39, 0.29) is 32.3 Å². The van der Waals surface area contributed by atoms with E-state index in [0.717, 1.165) is 44.9 Å². The predicted octanol–water partition coefficient (Wildman–Crippen LogP) is 12.3. The number of ether oxygens (including phenoxy) is 2. The van der Waals surface area contributed by atoms with Gasteiger partial charge in [-0.1, -0.05) is 174 Å². The van der Waals surface area contributed by atoms with Crippen molar-refractivity contribution >= 4 is 13.8 Å². The highest BCUT2D eigenvalue weighted by Crippen LogP contribution is 2.43. The number of carbonyl (C=O) groups is 1. The lowest BCUT2D eigenvalue weighted by molar-refractivity contribution is -0.154. The average Bonchev–Trinajstić information content (AvgIpc) is 3.10. The quantitative estimate of drug-likeness (QED) is 0.0276. The second-order valence-electron chi connectivity index (χ2n) is 14.2. The zero-order chi connectivity index (χ0) is 36.6. The van der Waals surface area contributed by atoms with Crippen LogP contribution in [0.3, 0.4) is 0 Å². The molecule has 0 amide bonds. The van der Waals surface area contributed by atoms with Crippen LogP contribution in [0, 0.1) is 0 Å². The van der Waals surface area contributed by atoms with Crippen molar-refractivity contribution in [3.8, 4) is 0 Å². The number of esters is 1. The molecule has 0 saturated carbocycles. The molecular weight excluding hydrogens is 649 g/mol. The van der Waals surface area contributed by atoms with Gasteiger partial charge in [0, 0.05) is 19.6 Å². The topological polar surface area (TPSA) is 117 Å². The Bertz CT molecular complexity index is 782. The van der Waals surface area contributed by atoms with Gasteiger partial charge in [-0.05, 0) is 38.5 Å². The van der Waals surface area contributed by atoms with E-state index in [9.17, 15) is 14.3 Å². The summed E-state index contributed by atoms with van der Waals surface area (Å²) >= 11 is 0. The summed E-state index contributed by atoms with van der Waals surface area (Å²) in [6.07, 6.45) is 41.5. The number of hydrogen-bond acceptors (Lipinski definition) is 7. The Labute approximate surface area is 309 Å². The molecule has 8 nitrogen and oxygen atoms in total. The summed E-state index contributed by atoms with van der Waals surface area (Å²) in [6, 6.07) is 0. The molecular formula is C41H82NO7P. The Morgan fingerprint density at radius 1 is 0.580 bits per heavy atom. The molecule has 0 fully saturated rings. The molecule has 0 aromatic heterocycles. The SMILES string of the molecule is CCCCCCCCCC/C=C\CCCCCCCCCCCCCCCCOCC(COP(=O)(O)OCCN)OC(=O)CCCCCCC. The smallest absolute Gasteiger partial charge is 0.457 e. The lowest BCUT2D eigenvalue weighted by Crippen LogP contribution is -2.28. The first-order valence-corrected chi connectivity index (χ1v) is 22.7. The zero-order valence-electron chi connectivity index (χ0n) is 32.9. The van der Waals surface area contributed by atoms with Gasteiger partial charge in [-0.2, -0.15) is 0 Å². The fourth-order valence-electron chi connectivity index (χ4n) is 6.05. The minimum atomic E-state index is -4.26. The van der Waals surface area contributed by atoms with Crippen molar-refractivity contribution < 1.29 is 32.8 Å². The summed E-state index contributed by atoms with van der Waals surface area (Å²) in [4.78, 5) is 22.1. The van der Waals surface area contributed by atoms with Crippen LogP contribution in [0.25, 0.3) is 0 Å². The summed E-state index contributed by atoms with van der Waals surface area (Å²) in [7, 11) is -4.26. The van der Waals surface area contributed by atoms with Gasteiger partial charge in [0.1, 0.15) is 6.10 Å². The fourth-order valence-corrected chi connectivity index (χ4v) is 6.82. The molecule has 0 bridgehead atoms. The highest BCUT2D eigenvalue weighted by Gasteiger charge is 2.25. The molecule has 0 aliphatic heterocycles. The third-order valence-corrected chi connectivity index (χ3v) is 10.2. The van der Waals surface area contributed by atoms with E-state index in [1.165, 1.54) is 141 Å². The van der Waals surface area contributed by atoms with E-state index in [0.29, 0.717) is 13.0 Å². The van der Waals surface area contributed by atoms with Crippen molar-refractivity contribution in [2.75, 3.05) is 33.0 Å². The van der Waals surface area contributed by atoms with Crippen molar-refractivity contribution in [2.24, 2.45) is 5.73 Å². The van der Waals surface area contributed by atoms with Crippen LogP contribution in [0.4, 0.5) is 0 Å². The third kappa shape index (κ3) is 38.5. The molecule has 0 heterocycles. The van der Waals surface area contributed by atoms with Crippen LogP contribution in [-0.4, -0.2) is 49.9 Å². The summed E-state index contributed by atoms with van der Waals surface area (Å²) < 4.78 is 33.1. The number of hydrogen-bond donors (Lipinski definition) is 2. The van der Waals surface area contributed by atoms with Crippen molar-refractivity contribution in [1.29, 1.82) is 0 Å². The Morgan fingerprint density at radius 3 is 1.46 bits per heavy atom. The van der Waals surface area contributed by atoms with Crippen LogP contribution in [0.1, 0.15) is 206 Å². The molecule has 0 spiro atoms. The molecule has 2 unspecified atom stereocenters. The van der Waals surface area contributed by atoms with Gasteiger partial charge in [-0.25, -0.2) is 4.57 Å². The lowest BCUT2D eigenvalue weighted by Gasteiger charge is -2.20. The van der Waals surface area contributed by atoms with Crippen LogP contribution < -0.4 is 5.73 Å². The van der Waals surface area contributed by atoms with Crippen molar-refractivity contribution in [3.63, 3.8) is 0 Å². The van der Waals surface area contributed by atoms with Gasteiger partial charge in [-0.15, -0.1) is 0 Å². The molecule has 50 heavy (non-hydrogen) atoms. The molecule has 0 radical (unpaired) electrons. The van der Waals surface area contributed by atoms with E-state index < -0.39 is 13.9 Å². The van der Waals surface area contributed by atoms with Gasteiger partial charge in [-0.3, -0.25) is 13.8 Å². The van der Waals surface area contributed by atoms with Crippen molar-refractivity contribution in [2.45, 2.75) is 213 Å².